The summed E-state index contributed by atoms with van der Waals surface area (Å²) in [5.41, 5.74) is 3.34. The Hall–Kier alpha value is -2.89. The second kappa shape index (κ2) is 7.39. The predicted octanol–water partition coefficient (Wildman–Crippen LogP) is 4.18. The zero-order valence-electron chi connectivity index (χ0n) is 14.5. The summed E-state index contributed by atoms with van der Waals surface area (Å²) in [5, 5.41) is 1.99. The third-order valence-electron chi connectivity index (χ3n) is 4.62. The van der Waals surface area contributed by atoms with Gasteiger partial charge in [0, 0.05) is 22.5 Å². The molecular formula is C22H17NO3S. The third-order valence-corrected chi connectivity index (χ3v) is 5.17. The summed E-state index contributed by atoms with van der Waals surface area (Å²) in [6.45, 7) is 0. The van der Waals surface area contributed by atoms with E-state index in [0.29, 0.717) is 22.7 Å². The van der Waals surface area contributed by atoms with Crippen LogP contribution in [0, 0.1) is 0 Å². The van der Waals surface area contributed by atoms with Crippen LogP contribution in [0.1, 0.15) is 5.56 Å². The standard InChI is InChI=1S/C22H17NO3S/c24-22-19-12-15(10-11-27(25)26)6-7-17(19)8-9-21-20(22)13-18(14-23-21)16-4-2-1-3-5-16/h1-9,12-14H,10-11H2,(H,25,26). The zero-order valence-corrected chi connectivity index (χ0v) is 15.3. The van der Waals surface area contributed by atoms with Crippen molar-refractivity contribution in [1.29, 1.82) is 0 Å². The van der Waals surface area contributed by atoms with Crippen molar-refractivity contribution in [1.82, 2.24) is 4.98 Å². The molecule has 1 aromatic heterocycles. The van der Waals surface area contributed by atoms with Crippen LogP contribution in [-0.2, 0) is 17.5 Å². The molecule has 1 atom stereocenters. The topological polar surface area (TPSA) is 67.3 Å². The smallest absolute Gasteiger partial charge is 0.195 e. The van der Waals surface area contributed by atoms with Gasteiger partial charge < -0.3 is 4.55 Å². The van der Waals surface area contributed by atoms with Gasteiger partial charge in [0.25, 0.3) is 0 Å². The SMILES string of the molecule is O=c1c2cc(CCS(=O)O)ccc2ccc2ncc(-c3ccccc3)cc12. The molecule has 0 aliphatic heterocycles. The monoisotopic (exact) mass is 375 g/mol. The number of benzene rings is 2. The first kappa shape index (κ1) is 17.5. The zero-order chi connectivity index (χ0) is 18.8. The van der Waals surface area contributed by atoms with Gasteiger partial charge in [0.1, 0.15) is 0 Å². The van der Waals surface area contributed by atoms with E-state index in [1.165, 1.54) is 0 Å². The molecule has 0 aliphatic carbocycles. The molecule has 4 nitrogen and oxygen atoms in total. The molecule has 4 rings (SSSR count). The van der Waals surface area contributed by atoms with Crippen molar-refractivity contribution < 1.29 is 8.76 Å². The fourth-order valence-electron chi connectivity index (χ4n) is 3.20. The quantitative estimate of drug-likeness (QED) is 0.544. The van der Waals surface area contributed by atoms with E-state index >= 15 is 0 Å². The molecule has 0 bridgehead atoms. The molecule has 134 valence electrons. The first-order valence-corrected chi connectivity index (χ1v) is 9.88. The highest BCUT2D eigenvalue weighted by molar-refractivity contribution is 7.79. The molecule has 1 N–H and O–H groups in total. The highest BCUT2D eigenvalue weighted by atomic mass is 32.2. The molecule has 27 heavy (non-hydrogen) atoms. The molecule has 3 aromatic carbocycles. The maximum Gasteiger partial charge on any atom is 0.195 e. The third kappa shape index (κ3) is 3.65. The molecule has 0 radical (unpaired) electrons. The minimum atomic E-state index is -1.85. The summed E-state index contributed by atoms with van der Waals surface area (Å²) >= 11 is -1.85. The van der Waals surface area contributed by atoms with Crippen LogP contribution >= 0.6 is 0 Å². The first-order valence-electron chi connectivity index (χ1n) is 8.60. The summed E-state index contributed by atoms with van der Waals surface area (Å²) in [7, 11) is 0. The van der Waals surface area contributed by atoms with Crippen molar-refractivity contribution in [3.8, 4) is 11.1 Å². The largest absolute Gasteiger partial charge is 0.306 e. The van der Waals surface area contributed by atoms with Crippen molar-refractivity contribution in [2.24, 2.45) is 0 Å². The lowest BCUT2D eigenvalue weighted by atomic mass is 10.0. The molecule has 0 amide bonds. The highest BCUT2D eigenvalue weighted by Crippen LogP contribution is 2.22. The fourth-order valence-corrected chi connectivity index (χ4v) is 3.61. The van der Waals surface area contributed by atoms with E-state index < -0.39 is 11.1 Å². The Kier molecular flexibility index (Phi) is 4.79. The summed E-state index contributed by atoms with van der Waals surface area (Å²) in [5.74, 6) is 0.152. The van der Waals surface area contributed by atoms with Crippen molar-refractivity contribution in [3.63, 3.8) is 0 Å². The van der Waals surface area contributed by atoms with Gasteiger partial charge in [-0.1, -0.05) is 48.5 Å². The van der Waals surface area contributed by atoms with Gasteiger partial charge in [0.2, 0.25) is 0 Å². The first-order chi connectivity index (χ1) is 13.1. The summed E-state index contributed by atoms with van der Waals surface area (Å²) in [4.78, 5) is 17.7. The Morgan fingerprint density at radius 1 is 0.889 bits per heavy atom. The number of hydrogen-bond donors (Lipinski definition) is 1. The summed E-state index contributed by atoms with van der Waals surface area (Å²) < 4.78 is 19.9. The van der Waals surface area contributed by atoms with Gasteiger partial charge in [-0.2, -0.15) is 0 Å². The van der Waals surface area contributed by atoms with Crippen LogP contribution in [0.3, 0.4) is 0 Å². The molecule has 0 saturated carbocycles. The maximum absolute atomic E-state index is 13.2. The van der Waals surface area contributed by atoms with Crippen LogP contribution in [0.2, 0.25) is 0 Å². The van der Waals surface area contributed by atoms with Gasteiger partial charge in [-0.25, -0.2) is 4.21 Å². The van der Waals surface area contributed by atoms with E-state index in [-0.39, 0.29) is 11.2 Å². The minimum Gasteiger partial charge on any atom is -0.306 e. The van der Waals surface area contributed by atoms with Gasteiger partial charge in [0.15, 0.2) is 16.5 Å². The number of pyridine rings is 1. The Bertz CT molecular complexity index is 1220. The van der Waals surface area contributed by atoms with Crippen LogP contribution in [0.4, 0.5) is 0 Å². The highest BCUT2D eigenvalue weighted by Gasteiger charge is 2.07. The molecule has 0 saturated heterocycles. The van der Waals surface area contributed by atoms with Gasteiger partial charge in [-0.05, 0) is 41.1 Å². The Labute approximate surface area is 158 Å². The van der Waals surface area contributed by atoms with Crippen LogP contribution in [0.5, 0.6) is 0 Å². The van der Waals surface area contributed by atoms with Gasteiger partial charge >= 0.3 is 0 Å². The lowest BCUT2D eigenvalue weighted by Gasteiger charge is -2.02. The van der Waals surface area contributed by atoms with Gasteiger partial charge in [-0.3, -0.25) is 9.78 Å². The average molecular weight is 375 g/mol. The fraction of sp³-hybridized carbons (Fsp3) is 0.0909. The van der Waals surface area contributed by atoms with Crippen molar-refractivity contribution in [3.05, 3.63) is 88.7 Å². The number of aromatic nitrogens is 1. The molecule has 1 heterocycles. The molecule has 5 heteroatoms. The van der Waals surface area contributed by atoms with Crippen LogP contribution < -0.4 is 5.43 Å². The van der Waals surface area contributed by atoms with Crippen LogP contribution in [0.25, 0.3) is 32.8 Å². The van der Waals surface area contributed by atoms with E-state index in [9.17, 15) is 9.00 Å². The Balaban J connectivity index is 1.92. The number of aryl methyl sites for hydroxylation is 1. The number of rotatable bonds is 4. The van der Waals surface area contributed by atoms with Crippen molar-refractivity contribution >= 4 is 32.8 Å². The van der Waals surface area contributed by atoms with Crippen LogP contribution in [-0.4, -0.2) is 19.5 Å². The van der Waals surface area contributed by atoms with E-state index in [0.717, 1.165) is 22.1 Å². The predicted molar refractivity (Wildman–Crippen MR) is 110 cm³/mol. The normalized spacial score (nSPS) is 12.3. The second-order valence-corrected chi connectivity index (χ2v) is 7.43. The molecule has 0 fully saturated rings. The summed E-state index contributed by atoms with van der Waals surface area (Å²) in [6.07, 6.45) is 2.23. The minimum absolute atomic E-state index is 0.0812. The maximum atomic E-state index is 13.2. The molecule has 1 unspecified atom stereocenters. The second-order valence-electron chi connectivity index (χ2n) is 6.38. The Morgan fingerprint density at radius 3 is 2.44 bits per heavy atom. The van der Waals surface area contributed by atoms with Crippen LogP contribution in [0.15, 0.2) is 77.7 Å². The molecule has 0 aliphatic rings. The lowest BCUT2D eigenvalue weighted by Crippen LogP contribution is -2.02. The number of hydrogen-bond acceptors (Lipinski definition) is 3. The Morgan fingerprint density at radius 2 is 1.67 bits per heavy atom. The molecular weight excluding hydrogens is 358 g/mol. The van der Waals surface area contributed by atoms with Gasteiger partial charge in [-0.15, -0.1) is 0 Å². The van der Waals surface area contributed by atoms with Crippen molar-refractivity contribution in [2.75, 3.05) is 5.75 Å². The van der Waals surface area contributed by atoms with Gasteiger partial charge in [0.05, 0.1) is 11.3 Å². The summed E-state index contributed by atoms with van der Waals surface area (Å²) in [6, 6.07) is 21.1. The number of nitrogens with zero attached hydrogens (tertiary/aromatic N) is 1. The lowest BCUT2D eigenvalue weighted by molar-refractivity contribution is 0.563. The van der Waals surface area contributed by atoms with E-state index in [1.54, 1.807) is 6.20 Å². The number of fused-ring (bicyclic) bond motifs is 2. The van der Waals surface area contributed by atoms with E-state index in [4.69, 9.17) is 4.55 Å². The van der Waals surface area contributed by atoms with E-state index in [1.807, 2.05) is 66.7 Å². The molecule has 4 aromatic rings. The van der Waals surface area contributed by atoms with E-state index in [2.05, 4.69) is 4.98 Å². The average Bonchev–Trinajstić information content (AvgIpc) is 2.84. The van der Waals surface area contributed by atoms with Crippen molar-refractivity contribution in [2.45, 2.75) is 6.42 Å². The molecule has 0 spiro atoms.